The second-order valence-electron chi connectivity index (χ2n) is 5.32. The molecule has 0 radical (unpaired) electrons. The van der Waals surface area contributed by atoms with Crippen LogP contribution in [0.2, 0.25) is 0 Å². The fraction of sp³-hybridized carbons (Fsp3) is 0.600. The van der Waals surface area contributed by atoms with E-state index in [9.17, 15) is 0 Å². The molecular weight excluding hydrogens is 226 g/mol. The van der Waals surface area contributed by atoms with Gasteiger partial charge in [-0.05, 0) is 29.4 Å². The van der Waals surface area contributed by atoms with Crippen LogP contribution in [0.1, 0.15) is 37.8 Å². The number of hydrogen-bond donors (Lipinski definition) is 1. The monoisotopic (exact) mass is 249 g/mol. The van der Waals surface area contributed by atoms with Crippen LogP contribution in [-0.2, 0) is 6.42 Å². The number of thioether (sulfide) groups is 1. The zero-order chi connectivity index (χ0) is 12.3. The minimum atomic E-state index is 0.633. The standard InChI is InChI=1S/C15H23NS/c1-11(2)14-6-4-13(5-7-14)10-12(3)15-16-8-9-17-15/h4-7,11-12,15-16H,8-10H2,1-3H3. The Morgan fingerprint density at radius 2 is 1.94 bits per heavy atom. The first-order valence-electron chi connectivity index (χ1n) is 6.60. The Hall–Kier alpha value is -0.470. The molecule has 1 aliphatic heterocycles. The molecule has 0 bridgehead atoms. The topological polar surface area (TPSA) is 12.0 Å². The van der Waals surface area contributed by atoms with Crippen LogP contribution in [0.25, 0.3) is 0 Å². The van der Waals surface area contributed by atoms with E-state index in [1.807, 2.05) is 0 Å². The molecule has 17 heavy (non-hydrogen) atoms. The maximum atomic E-state index is 3.57. The highest BCUT2D eigenvalue weighted by Gasteiger charge is 2.21. The first-order valence-corrected chi connectivity index (χ1v) is 7.65. The zero-order valence-corrected chi connectivity index (χ0v) is 11.9. The fourth-order valence-electron chi connectivity index (χ4n) is 2.33. The van der Waals surface area contributed by atoms with E-state index in [0.29, 0.717) is 17.2 Å². The van der Waals surface area contributed by atoms with Crippen molar-refractivity contribution in [3.05, 3.63) is 35.4 Å². The van der Waals surface area contributed by atoms with E-state index in [2.05, 4.69) is 62.1 Å². The quantitative estimate of drug-likeness (QED) is 0.874. The zero-order valence-electron chi connectivity index (χ0n) is 11.1. The van der Waals surface area contributed by atoms with Gasteiger partial charge in [0.2, 0.25) is 0 Å². The lowest BCUT2D eigenvalue weighted by atomic mass is 9.97. The summed E-state index contributed by atoms with van der Waals surface area (Å²) >= 11 is 2.07. The molecule has 1 heterocycles. The Labute approximate surface area is 109 Å². The van der Waals surface area contributed by atoms with Crippen LogP contribution in [0, 0.1) is 5.92 Å². The summed E-state index contributed by atoms with van der Waals surface area (Å²) in [6, 6.07) is 9.15. The Balaban J connectivity index is 1.93. The highest BCUT2D eigenvalue weighted by Crippen LogP contribution is 2.25. The van der Waals surface area contributed by atoms with Crippen LogP contribution in [0.4, 0.5) is 0 Å². The molecule has 2 atom stereocenters. The van der Waals surface area contributed by atoms with Gasteiger partial charge in [0.25, 0.3) is 0 Å². The largest absolute Gasteiger partial charge is 0.304 e. The number of nitrogens with one attached hydrogen (secondary N) is 1. The molecule has 0 saturated carbocycles. The summed E-state index contributed by atoms with van der Waals surface area (Å²) in [5, 5.41) is 4.22. The molecule has 1 N–H and O–H groups in total. The van der Waals surface area contributed by atoms with Crippen LogP contribution < -0.4 is 5.32 Å². The Morgan fingerprint density at radius 3 is 2.47 bits per heavy atom. The average Bonchev–Trinajstić information content (AvgIpc) is 2.83. The normalized spacial score (nSPS) is 22.0. The van der Waals surface area contributed by atoms with Crippen molar-refractivity contribution < 1.29 is 0 Å². The van der Waals surface area contributed by atoms with E-state index in [-0.39, 0.29) is 0 Å². The van der Waals surface area contributed by atoms with Crippen LogP contribution >= 0.6 is 11.8 Å². The molecule has 2 unspecified atom stereocenters. The summed E-state index contributed by atoms with van der Waals surface area (Å²) in [6.45, 7) is 8.02. The number of hydrogen-bond acceptors (Lipinski definition) is 2. The third-order valence-electron chi connectivity index (χ3n) is 3.47. The van der Waals surface area contributed by atoms with Gasteiger partial charge < -0.3 is 5.32 Å². The molecule has 0 spiro atoms. The molecule has 1 aliphatic rings. The lowest BCUT2D eigenvalue weighted by Gasteiger charge is -2.19. The highest BCUT2D eigenvalue weighted by atomic mass is 32.2. The van der Waals surface area contributed by atoms with E-state index in [1.165, 1.54) is 29.8 Å². The third kappa shape index (κ3) is 3.49. The lowest BCUT2D eigenvalue weighted by Crippen LogP contribution is -2.27. The molecule has 0 amide bonds. The fourth-order valence-corrected chi connectivity index (χ4v) is 3.48. The predicted molar refractivity (Wildman–Crippen MR) is 77.6 cm³/mol. The Bertz CT molecular complexity index is 338. The van der Waals surface area contributed by atoms with E-state index in [4.69, 9.17) is 0 Å². The van der Waals surface area contributed by atoms with Crippen molar-refractivity contribution in [2.75, 3.05) is 12.3 Å². The predicted octanol–water partition coefficient (Wildman–Crippen LogP) is 3.65. The van der Waals surface area contributed by atoms with Crippen LogP contribution in [-0.4, -0.2) is 17.7 Å². The van der Waals surface area contributed by atoms with Crippen molar-refractivity contribution in [2.24, 2.45) is 5.92 Å². The van der Waals surface area contributed by atoms with Gasteiger partial charge in [-0.25, -0.2) is 0 Å². The van der Waals surface area contributed by atoms with Gasteiger partial charge in [-0.2, -0.15) is 0 Å². The van der Waals surface area contributed by atoms with Crippen LogP contribution in [0.5, 0.6) is 0 Å². The maximum absolute atomic E-state index is 3.57. The molecule has 1 aromatic rings. The van der Waals surface area contributed by atoms with E-state index in [0.717, 1.165) is 0 Å². The van der Waals surface area contributed by atoms with E-state index < -0.39 is 0 Å². The summed E-state index contributed by atoms with van der Waals surface area (Å²) in [7, 11) is 0. The van der Waals surface area contributed by atoms with Gasteiger partial charge in [0.1, 0.15) is 0 Å². The van der Waals surface area contributed by atoms with Crippen molar-refractivity contribution in [2.45, 2.75) is 38.5 Å². The Kier molecular flexibility index (Phi) is 4.52. The maximum Gasteiger partial charge on any atom is 0.0562 e. The van der Waals surface area contributed by atoms with Crippen molar-refractivity contribution in [1.29, 1.82) is 0 Å². The minimum Gasteiger partial charge on any atom is -0.304 e. The van der Waals surface area contributed by atoms with E-state index >= 15 is 0 Å². The minimum absolute atomic E-state index is 0.633. The molecule has 1 aromatic carbocycles. The van der Waals surface area contributed by atoms with E-state index in [1.54, 1.807) is 0 Å². The summed E-state index contributed by atoms with van der Waals surface area (Å²) in [4.78, 5) is 0. The number of rotatable bonds is 4. The smallest absolute Gasteiger partial charge is 0.0562 e. The van der Waals surface area contributed by atoms with Gasteiger partial charge >= 0.3 is 0 Å². The first-order chi connectivity index (χ1) is 8.16. The molecule has 94 valence electrons. The molecule has 1 saturated heterocycles. The van der Waals surface area contributed by atoms with Gasteiger partial charge in [-0.15, -0.1) is 11.8 Å². The first kappa shape index (κ1) is 13.0. The Morgan fingerprint density at radius 1 is 1.24 bits per heavy atom. The van der Waals surface area contributed by atoms with Crippen LogP contribution in [0.3, 0.4) is 0 Å². The lowest BCUT2D eigenvalue weighted by molar-refractivity contribution is 0.501. The summed E-state index contributed by atoms with van der Waals surface area (Å²) in [5.74, 6) is 2.61. The molecule has 1 fully saturated rings. The van der Waals surface area contributed by atoms with Crippen molar-refractivity contribution >= 4 is 11.8 Å². The summed E-state index contributed by atoms with van der Waals surface area (Å²) < 4.78 is 0. The second-order valence-corrected chi connectivity index (χ2v) is 6.57. The average molecular weight is 249 g/mol. The molecule has 2 heteroatoms. The SMILES string of the molecule is CC(C)c1ccc(CC(C)C2NCCS2)cc1. The van der Waals surface area contributed by atoms with Crippen LogP contribution in [0.15, 0.2) is 24.3 Å². The molecular formula is C15H23NS. The van der Waals surface area contributed by atoms with Gasteiger partial charge in [-0.3, -0.25) is 0 Å². The van der Waals surface area contributed by atoms with Crippen molar-refractivity contribution in [3.8, 4) is 0 Å². The number of benzene rings is 1. The highest BCUT2D eigenvalue weighted by molar-refractivity contribution is 8.00. The molecule has 0 aromatic heterocycles. The van der Waals surface area contributed by atoms with Gasteiger partial charge in [0.15, 0.2) is 0 Å². The van der Waals surface area contributed by atoms with Gasteiger partial charge in [-0.1, -0.05) is 45.0 Å². The summed E-state index contributed by atoms with van der Waals surface area (Å²) in [6.07, 6.45) is 1.18. The second kappa shape index (κ2) is 5.92. The summed E-state index contributed by atoms with van der Waals surface area (Å²) in [5.41, 5.74) is 2.91. The van der Waals surface area contributed by atoms with Crippen molar-refractivity contribution in [3.63, 3.8) is 0 Å². The third-order valence-corrected chi connectivity index (χ3v) is 4.90. The molecule has 1 nitrogen and oxygen atoms in total. The van der Waals surface area contributed by atoms with Gasteiger partial charge in [0.05, 0.1) is 5.37 Å². The van der Waals surface area contributed by atoms with Crippen molar-refractivity contribution in [1.82, 2.24) is 5.32 Å². The molecule has 2 rings (SSSR count). The van der Waals surface area contributed by atoms with Gasteiger partial charge in [0, 0.05) is 12.3 Å². The molecule has 0 aliphatic carbocycles.